The molecular weight excluding hydrogens is 647 g/mol. The minimum absolute atomic E-state index is 0.316. The number of rotatable bonds is 6. The Labute approximate surface area is 307 Å². The highest BCUT2D eigenvalue weighted by Crippen LogP contribution is 2.44. The standard InChI is InChI=1S/C49H33N3O/c1-4-14-32(15-5-1)33-24-26-36(27-25-33)48-50-47(35-18-8-3-9-19-35)51-49(52-48)42-31-29-40(38-20-10-11-21-39(38)42)41-30-28-37(34-16-6-2-7-17-34)46-45(41)43-22-12-13-23-44(43)53-46/h1-31,48H,(H,50,51,52). The Morgan fingerprint density at radius 1 is 0.415 bits per heavy atom. The Hall–Kier alpha value is -7.04. The van der Waals surface area contributed by atoms with Crippen LogP contribution in [0.3, 0.4) is 0 Å². The van der Waals surface area contributed by atoms with Gasteiger partial charge in [-0.3, -0.25) is 0 Å². The van der Waals surface area contributed by atoms with Crippen molar-refractivity contribution in [3.05, 3.63) is 205 Å². The molecule has 2 heterocycles. The fraction of sp³-hybridized carbons (Fsp3) is 0.0204. The number of furan rings is 1. The Morgan fingerprint density at radius 3 is 1.66 bits per heavy atom. The number of hydrogen-bond donors (Lipinski definition) is 1. The third kappa shape index (κ3) is 5.49. The predicted octanol–water partition coefficient (Wildman–Crippen LogP) is 12.2. The minimum atomic E-state index is -0.316. The number of nitrogens with zero attached hydrogens (tertiary/aromatic N) is 2. The molecule has 4 heteroatoms. The van der Waals surface area contributed by atoms with Crippen molar-refractivity contribution >= 4 is 44.4 Å². The summed E-state index contributed by atoms with van der Waals surface area (Å²) in [5.74, 6) is 1.49. The van der Waals surface area contributed by atoms with Gasteiger partial charge in [0.05, 0.1) is 0 Å². The van der Waals surface area contributed by atoms with Crippen LogP contribution in [0.1, 0.15) is 22.9 Å². The summed E-state index contributed by atoms with van der Waals surface area (Å²) >= 11 is 0. The van der Waals surface area contributed by atoms with Gasteiger partial charge in [0.2, 0.25) is 0 Å². The zero-order valence-corrected chi connectivity index (χ0v) is 28.8. The number of hydrogen-bond acceptors (Lipinski definition) is 4. The molecule has 1 aliphatic rings. The maximum Gasteiger partial charge on any atom is 0.160 e. The molecule has 0 saturated heterocycles. The van der Waals surface area contributed by atoms with Gasteiger partial charge in [-0.2, -0.15) is 0 Å². The molecule has 10 rings (SSSR count). The first-order valence-electron chi connectivity index (χ1n) is 17.9. The summed E-state index contributed by atoms with van der Waals surface area (Å²) in [6.07, 6.45) is -0.316. The van der Waals surface area contributed by atoms with Crippen LogP contribution < -0.4 is 5.32 Å². The van der Waals surface area contributed by atoms with Crippen LogP contribution in [0.5, 0.6) is 0 Å². The molecule has 0 spiro atoms. The molecular formula is C49H33N3O. The lowest BCUT2D eigenvalue weighted by atomic mass is 9.90. The molecule has 0 bridgehead atoms. The monoisotopic (exact) mass is 679 g/mol. The maximum atomic E-state index is 6.63. The summed E-state index contributed by atoms with van der Waals surface area (Å²) in [5.41, 5.74) is 11.7. The van der Waals surface area contributed by atoms with Gasteiger partial charge in [-0.25, -0.2) is 9.98 Å². The smallest absolute Gasteiger partial charge is 0.160 e. The fourth-order valence-corrected chi connectivity index (χ4v) is 7.60. The van der Waals surface area contributed by atoms with Gasteiger partial charge in [0.1, 0.15) is 23.2 Å². The summed E-state index contributed by atoms with van der Waals surface area (Å²) in [4.78, 5) is 10.5. The van der Waals surface area contributed by atoms with Crippen molar-refractivity contribution in [1.29, 1.82) is 0 Å². The number of aliphatic imine (C=N–C) groups is 2. The van der Waals surface area contributed by atoms with E-state index in [2.05, 4.69) is 157 Å². The fourth-order valence-electron chi connectivity index (χ4n) is 7.60. The van der Waals surface area contributed by atoms with Crippen LogP contribution in [-0.2, 0) is 0 Å². The quantitative estimate of drug-likeness (QED) is 0.190. The molecule has 8 aromatic carbocycles. The Bertz CT molecular complexity index is 2840. The van der Waals surface area contributed by atoms with E-state index >= 15 is 0 Å². The third-order valence-corrected chi connectivity index (χ3v) is 10.2. The molecule has 1 unspecified atom stereocenters. The first-order valence-corrected chi connectivity index (χ1v) is 17.9. The van der Waals surface area contributed by atoms with E-state index in [0.29, 0.717) is 5.84 Å². The zero-order chi connectivity index (χ0) is 35.1. The number of fused-ring (bicyclic) bond motifs is 4. The lowest BCUT2D eigenvalue weighted by Crippen LogP contribution is -2.33. The predicted molar refractivity (Wildman–Crippen MR) is 219 cm³/mol. The van der Waals surface area contributed by atoms with Gasteiger partial charge in [0.25, 0.3) is 0 Å². The van der Waals surface area contributed by atoms with E-state index in [1.54, 1.807) is 0 Å². The highest BCUT2D eigenvalue weighted by atomic mass is 16.3. The summed E-state index contributed by atoms with van der Waals surface area (Å²) in [7, 11) is 0. The number of benzene rings is 8. The summed E-state index contributed by atoms with van der Waals surface area (Å²) in [5, 5.41) is 8.07. The topological polar surface area (TPSA) is 49.9 Å². The minimum Gasteiger partial charge on any atom is -0.455 e. The highest BCUT2D eigenvalue weighted by Gasteiger charge is 2.24. The van der Waals surface area contributed by atoms with Gasteiger partial charge in [-0.1, -0.05) is 170 Å². The van der Waals surface area contributed by atoms with E-state index in [4.69, 9.17) is 14.4 Å². The van der Waals surface area contributed by atoms with Crippen LogP contribution in [0.25, 0.3) is 66.1 Å². The third-order valence-electron chi connectivity index (χ3n) is 10.2. The SMILES string of the molecule is c1ccc(C2=NC(c3ccc(-c4ccc(-c5ccccc5)c5oc6ccccc6c45)c4ccccc34)=NC(c3ccc(-c4ccccc4)cc3)N2)cc1. The van der Waals surface area contributed by atoms with Crippen LogP contribution in [0.2, 0.25) is 0 Å². The number of nitrogens with one attached hydrogen (secondary N) is 1. The largest absolute Gasteiger partial charge is 0.455 e. The van der Waals surface area contributed by atoms with Crippen LogP contribution in [-0.4, -0.2) is 11.7 Å². The molecule has 0 radical (unpaired) electrons. The molecule has 0 saturated carbocycles. The van der Waals surface area contributed by atoms with Crippen molar-refractivity contribution in [1.82, 2.24) is 5.32 Å². The molecule has 9 aromatic rings. The van der Waals surface area contributed by atoms with E-state index < -0.39 is 0 Å². The van der Waals surface area contributed by atoms with Gasteiger partial charge in [-0.15, -0.1) is 0 Å². The van der Waals surface area contributed by atoms with Crippen molar-refractivity contribution in [2.24, 2.45) is 9.98 Å². The molecule has 250 valence electrons. The van der Waals surface area contributed by atoms with E-state index in [9.17, 15) is 0 Å². The van der Waals surface area contributed by atoms with Gasteiger partial charge in [0.15, 0.2) is 5.84 Å². The average Bonchev–Trinajstić information content (AvgIpc) is 3.64. The summed E-state index contributed by atoms with van der Waals surface area (Å²) < 4.78 is 6.63. The molecule has 53 heavy (non-hydrogen) atoms. The average molecular weight is 680 g/mol. The Balaban J connectivity index is 1.13. The highest BCUT2D eigenvalue weighted by molar-refractivity contribution is 6.22. The van der Waals surface area contributed by atoms with Gasteiger partial charge < -0.3 is 9.73 Å². The van der Waals surface area contributed by atoms with Crippen LogP contribution >= 0.6 is 0 Å². The van der Waals surface area contributed by atoms with Gasteiger partial charge >= 0.3 is 0 Å². The van der Waals surface area contributed by atoms with Crippen LogP contribution in [0.15, 0.2) is 202 Å². The molecule has 0 aliphatic carbocycles. The lowest BCUT2D eigenvalue weighted by Gasteiger charge is -2.24. The first-order chi connectivity index (χ1) is 26.3. The molecule has 4 nitrogen and oxygen atoms in total. The van der Waals surface area contributed by atoms with Crippen molar-refractivity contribution in [2.45, 2.75) is 6.17 Å². The van der Waals surface area contributed by atoms with Crippen molar-refractivity contribution in [2.75, 3.05) is 0 Å². The Morgan fingerprint density at radius 2 is 0.943 bits per heavy atom. The van der Waals surface area contributed by atoms with Crippen LogP contribution in [0.4, 0.5) is 0 Å². The molecule has 0 amide bonds. The molecule has 0 fully saturated rings. The van der Waals surface area contributed by atoms with Crippen molar-refractivity contribution in [3.63, 3.8) is 0 Å². The van der Waals surface area contributed by atoms with E-state index in [0.717, 1.165) is 77.5 Å². The molecule has 1 N–H and O–H groups in total. The maximum absolute atomic E-state index is 6.63. The van der Waals surface area contributed by atoms with Gasteiger partial charge in [0, 0.05) is 27.5 Å². The van der Waals surface area contributed by atoms with E-state index in [1.807, 2.05) is 36.4 Å². The Kier molecular flexibility index (Phi) is 7.51. The number of amidine groups is 2. The second-order valence-electron chi connectivity index (χ2n) is 13.3. The number of para-hydroxylation sites is 1. The second kappa shape index (κ2) is 12.9. The molecule has 1 aromatic heterocycles. The van der Waals surface area contributed by atoms with E-state index in [-0.39, 0.29) is 6.17 Å². The van der Waals surface area contributed by atoms with Crippen molar-refractivity contribution in [3.8, 4) is 33.4 Å². The van der Waals surface area contributed by atoms with E-state index in [1.165, 1.54) is 11.1 Å². The van der Waals surface area contributed by atoms with Gasteiger partial charge in [-0.05, 0) is 62.4 Å². The summed E-state index contributed by atoms with van der Waals surface area (Å²) in [6, 6.07) is 65.7. The normalized spacial score (nSPS) is 14.2. The van der Waals surface area contributed by atoms with Crippen LogP contribution in [0, 0.1) is 0 Å². The lowest BCUT2D eigenvalue weighted by molar-refractivity contribution is 0.670. The second-order valence-corrected chi connectivity index (χ2v) is 13.3. The molecule has 1 aliphatic heterocycles. The first kappa shape index (κ1) is 30.8. The van der Waals surface area contributed by atoms with Crippen molar-refractivity contribution < 1.29 is 4.42 Å². The summed E-state index contributed by atoms with van der Waals surface area (Å²) in [6.45, 7) is 0. The molecule has 1 atom stereocenters. The zero-order valence-electron chi connectivity index (χ0n) is 28.8.